The maximum absolute atomic E-state index is 12.6. The Hall–Kier alpha value is -1.29. The molecule has 4 N–H and O–H groups in total. The lowest BCUT2D eigenvalue weighted by molar-refractivity contribution is -0.154. The third kappa shape index (κ3) is 40.7. The zero-order valence-electron chi connectivity index (χ0n) is 35.5. The average Bonchev–Trinajstić information content (AvgIpc) is 3.16. The predicted octanol–water partition coefficient (Wildman–Crippen LogP) is 12.5. The van der Waals surface area contributed by atoms with Crippen molar-refractivity contribution in [2.75, 3.05) is 26.4 Å². The van der Waals surface area contributed by atoms with E-state index in [2.05, 4.69) is 26.0 Å². The molecule has 0 bridgehead atoms. The van der Waals surface area contributed by atoms with Gasteiger partial charge >= 0.3 is 19.8 Å². The van der Waals surface area contributed by atoms with E-state index in [1.807, 2.05) is 0 Å². The topological polar surface area (TPSA) is 155 Å². The first-order chi connectivity index (χ1) is 26.7. The number of hydrogen-bond acceptors (Lipinski definition) is 8. The van der Waals surface area contributed by atoms with Crippen LogP contribution >= 0.6 is 7.82 Å². The Kier molecular flexibility index (Phi) is 39.9. The molecule has 0 saturated heterocycles. The molecule has 0 radical (unpaired) electrons. The number of nitrogens with two attached hydrogens (primary N) is 1. The fourth-order valence-electron chi connectivity index (χ4n) is 6.48. The maximum Gasteiger partial charge on any atom is 0.472 e. The zero-order valence-corrected chi connectivity index (χ0v) is 36.4. The van der Waals surface area contributed by atoms with Crippen LogP contribution in [-0.2, 0) is 32.7 Å². The van der Waals surface area contributed by atoms with Crippen molar-refractivity contribution in [1.29, 1.82) is 0 Å². The molecule has 0 fully saturated rings. The van der Waals surface area contributed by atoms with E-state index < -0.39 is 45.1 Å². The van der Waals surface area contributed by atoms with Gasteiger partial charge in [0.25, 0.3) is 0 Å². The summed E-state index contributed by atoms with van der Waals surface area (Å²) in [6.07, 6.45) is 42.6. The molecule has 0 aromatic heterocycles. The molecule has 1 unspecified atom stereocenters. The Bertz CT molecular complexity index is 935. The molecule has 0 spiro atoms. The van der Waals surface area contributed by atoms with Gasteiger partial charge in [-0.25, -0.2) is 4.57 Å². The van der Waals surface area contributed by atoms with Crippen LogP contribution in [0.1, 0.15) is 219 Å². The van der Waals surface area contributed by atoms with Gasteiger partial charge in [0.05, 0.1) is 19.8 Å². The van der Waals surface area contributed by atoms with Crippen LogP contribution in [-0.4, -0.2) is 60.5 Å². The second-order valence-electron chi connectivity index (χ2n) is 15.5. The number of rotatable bonds is 44. The standard InChI is InChI=1S/C44H86NO9P/c1-3-5-7-9-11-13-15-17-19-20-21-23-25-27-29-31-33-35-37-51-38-41(39-52-55(49,50)53-40-42(45)44(47)48)54-43(46)36-34-32-30-28-26-24-22-18-16-14-12-10-8-6-4-2/h18,22,41-42H,3-17,19-21,23-40,45H2,1-2H3,(H,47,48)(H,49,50)/b22-18-/t41-,42+/m1/s1. The van der Waals surface area contributed by atoms with Gasteiger partial charge in [-0.3, -0.25) is 18.6 Å². The Morgan fingerprint density at radius 1 is 0.564 bits per heavy atom. The molecule has 11 heteroatoms. The minimum absolute atomic E-state index is 0.0196. The summed E-state index contributed by atoms with van der Waals surface area (Å²) in [7, 11) is -4.61. The summed E-state index contributed by atoms with van der Waals surface area (Å²) >= 11 is 0. The van der Waals surface area contributed by atoms with Gasteiger partial charge in [-0.1, -0.05) is 187 Å². The van der Waals surface area contributed by atoms with E-state index in [4.69, 9.17) is 29.4 Å². The van der Waals surface area contributed by atoms with Gasteiger partial charge in [0, 0.05) is 13.0 Å². The molecule has 0 aromatic rings. The molecule has 0 aliphatic carbocycles. The number of carbonyl (C=O) groups excluding carboxylic acids is 1. The van der Waals surface area contributed by atoms with Crippen molar-refractivity contribution in [2.24, 2.45) is 5.73 Å². The Labute approximate surface area is 337 Å². The van der Waals surface area contributed by atoms with Crippen molar-refractivity contribution in [1.82, 2.24) is 0 Å². The van der Waals surface area contributed by atoms with Crippen molar-refractivity contribution in [3.05, 3.63) is 12.2 Å². The smallest absolute Gasteiger partial charge is 0.472 e. The maximum atomic E-state index is 12.6. The molecule has 0 saturated carbocycles. The monoisotopic (exact) mass is 804 g/mol. The SMILES string of the molecule is CCCCCCCC/C=C\CCCCCCCC(=O)O[C@H](COCCCCCCCCCCCCCCCCCCCC)COP(=O)(O)OC[C@H](N)C(=O)O. The molecule has 0 aliphatic rings. The first-order valence-electron chi connectivity index (χ1n) is 22.7. The van der Waals surface area contributed by atoms with Crippen LogP contribution < -0.4 is 5.73 Å². The summed E-state index contributed by atoms with van der Waals surface area (Å²) < 4.78 is 33.4. The van der Waals surface area contributed by atoms with Crippen LogP contribution in [0, 0.1) is 0 Å². The van der Waals surface area contributed by atoms with Crippen molar-refractivity contribution < 1.29 is 42.7 Å². The van der Waals surface area contributed by atoms with E-state index in [9.17, 15) is 19.0 Å². The van der Waals surface area contributed by atoms with Crippen LogP contribution in [0.25, 0.3) is 0 Å². The van der Waals surface area contributed by atoms with Gasteiger partial charge in [-0.05, 0) is 38.5 Å². The number of allylic oxidation sites excluding steroid dienone is 2. The number of carboxylic acids is 1. The Morgan fingerprint density at radius 3 is 1.38 bits per heavy atom. The van der Waals surface area contributed by atoms with Gasteiger partial charge in [-0.15, -0.1) is 0 Å². The third-order valence-corrected chi connectivity index (χ3v) is 11.0. The quantitative estimate of drug-likeness (QED) is 0.0235. The lowest BCUT2D eigenvalue weighted by Gasteiger charge is -2.20. The first kappa shape index (κ1) is 53.7. The van der Waals surface area contributed by atoms with E-state index in [0.29, 0.717) is 13.0 Å². The van der Waals surface area contributed by atoms with Gasteiger partial charge in [0.1, 0.15) is 12.1 Å². The number of phosphoric ester groups is 1. The number of hydrogen-bond donors (Lipinski definition) is 3. The van der Waals surface area contributed by atoms with Crippen molar-refractivity contribution in [2.45, 2.75) is 231 Å². The lowest BCUT2D eigenvalue weighted by atomic mass is 10.0. The molecule has 0 amide bonds. The Balaban J connectivity index is 4.18. The number of carboxylic acid groups (broad SMARTS) is 1. The van der Waals surface area contributed by atoms with Crippen molar-refractivity contribution in [3.63, 3.8) is 0 Å². The minimum Gasteiger partial charge on any atom is -0.480 e. The van der Waals surface area contributed by atoms with E-state index in [-0.39, 0.29) is 13.0 Å². The number of ether oxygens (including phenoxy) is 2. The third-order valence-electron chi connectivity index (χ3n) is 10.0. The fraction of sp³-hybridized carbons (Fsp3) is 0.909. The molecule has 0 aromatic carbocycles. The summed E-state index contributed by atoms with van der Waals surface area (Å²) in [6.45, 7) is 3.90. The highest BCUT2D eigenvalue weighted by Gasteiger charge is 2.27. The number of esters is 1. The number of phosphoric acid groups is 1. The molecule has 0 aliphatic heterocycles. The molecule has 0 rings (SSSR count). The van der Waals surface area contributed by atoms with Gasteiger partial charge in [0.15, 0.2) is 0 Å². The van der Waals surface area contributed by atoms with Crippen LogP contribution in [0.2, 0.25) is 0 Å². The average molecular weight is 804 g/mol. The molecule has 0 heterocycles. The number of carbonyl (C=O) groups is 2. The highest BCUT2D eigenvalue weighted by Crippen LogP contribution is 2.43. The summed E-state index contributed by atoms with van der Waals surface area (Å²) in [4.78, 5) is 33.5. The van der Waals surface area contributed by atoms with Crippen LogP contribution in [0.5, 0.6) is 0 Å². The summed E-state index contributed by atoms with van der Waals surface area (Å²) in [6, 6.07) is -1.47. The number of unbranched alkanes of at least 4 members (excludes halogenated alkanes) is 28. The summed E-state index contributed by atoms with van der Waals surface area (Å²) in [5, 5.41) is 8.90. The summed E-state index contributed by atoms with van der Waals surface area (Å²) in [5.41, 5.74) is 5.36. The van der Waals surface area contributed by atoms with Gasteiger partial charge in [0.2, 0.25) is 0 Å². The highest BCUT2D eigenvalue weighted by atomic mass is 31.2. The molecular formula is C44H86NO9P. The Morgan fingerprint density at radius 2 is 0.945 bits per heavy atom. The molecule has 326 valence electrons. The zero-order chi connectivity index (χ0) is 40.5. The largest absolute Gasteiger partial charge is 0.480 e. The predicted molar refractivity (Wildman–Crippen MR) is 226 cm³/mol. The number of aliphatic carboxylic acids is 1. The van der Waals surface area contributed by atoms with Crippen LogP contribution in [0.15, 0.2) is 12.2 Å². The van der Waals surface area contributed by atoms with E-state index >= 15 is 0 Å². The highest BCUT2D eigenvalue weighted by molar-refractivity contribution is 7.47. The first-order valence-corrected chi connectivity index (χ1v) is 24.2. The van der Waals surface area contributed by atoms with Gasteiger partial charge in [-0.2, -0.15) is 0 Å². The molecule has 10 nitrogen and oxygen atoms in total. The molecule has 55 heavy (non-hydrogen) atoms. The second kappa shape index (κ2) is 40.9. The van der Waals surface area contributed by atoms with E-state index in [0.717, 1.165) is 51.4 Å². The van der Waals surface area contributed by atoms with E-state index in [1.54, 1.807) is 0 Å². The normalized spacial score (nSPS) is 14.0. The lowest BCUT2D eigenvalue weighted by Crippen LogP contribution is -2.34. The van der Waals surface area contributed by atoms with Crippen molar-refractivity contribution in [3.8, 4) is 0 Å². The molecular weight excluding hydrogens is 717 g/mol. The van der Waals surface area contributed by atoms with Crippen LogP contribution in [0.3, 0.4) is 0 Å². The summed E-state index contributed by atoms with van der Waals surface area (Å²) in [5.74, 6) is -1.78. The van der Waals surface area contributed by atoms with Gasteiger partial charge < -0.3 is 25.2 Å². The van der Waals surface area contributed by atoms with Crippen LogP contribution in [0.4, 0.5) is 0 Å². The molecule has 3 atom stereocenters. The van der Waals surface area contributed by atoms with Crippen molar-refractivity contribution >= 4 is 19.8 Å². The second-order valence-corrected chi connectivity index (χ2v) is 17.0. The minimum atomic E-state index is -4.61. The van der Waals surface area contributed by atoms with E-state index in [1.165, 1.54) is 141 Å². The fourth-order valence-corrected chi connectivity index (χ4v) is 7.26.